The Hall–Kier alpha value is -0.240. The smallest absolute Gasteiger partial charge is 0.186 e. The summed E-state index contributed by atoms with van der Waals surface area (Å²) in [5.74, 6) is 0. The van der Waals surface area contributed by atoms with Crippen molar-refractivity contribution in [1.82, 2.24) is 0 Å². The van der Waals surface area contributed by atoms with Crippen molar-refractivity contribution < 1.29 is 29.9 Å². The molecule has 0 aromatic carbocycles. The van der Waals surface area contributed by atoms with Gasteiger partial charge in [0.05, 0.1) is 12.7 Å². The van der Waals surface area contributed by atoms with E-state index in [1.807, 2.05) is 6.92 Å². The van der Waals surface area contributed by atoms with Gasteiger partial charge >= 0.3 is 0 Å². The minimum absolute atomic E-state index is 0.0428. The Balaban J connectivity index is 2.44. The molecule has 6 nitrogen and oxygen atoms in total. The quantitative estimate of drug-likeness (QED) is 0.440. The average molecular weight is 306 g/mol. The van der Waals surface area contributed by atoms with Gasteiger partial charge in [0.25, 0.3) is 0 Å². The summed E-state index contributed by atoms with van der Waals surface area (Å²) in [6.07, 6.45) is 0.544. The summed E-state index contributed by atoms with van der Waals surface area (Å²) in [6.45, 7) is 3.63. The highest BCUT2D eigenvalue weighted by molar-refractivity contribution is 4.90. The van der Waals surface area contributed by atoms with E-state index in [0.717, 1.165) is 25.7 Å². The lowest BCUT2D eigenvalue weighted by molar-refractivity contribution is -0.203. The minimum atomic E-state index is -1.25. The molecular weight excluding hydrogens is 276 g/mol. The van der Waals surface area contributed by atoms with Crippen LogP contribution in [0.5, 0.6) is 0 Å². The van der Waals surface area contributed by atoms with Crippen LogP contribution in [0, 0.1) is 0 Å². The molecule has 4 N–H and O–H groups in total. The lowest BCUT2D eigenvalue weighted by atomic mass is 10.1. The molecule has 1 fully saturated rings. The third-order valence-corrected chi connectivity index (χ3v) is 3.98. The Morgan fingerprint density at radius 3 is 2.38 bits per heavy atom. The van der Waals surface area contributed by atoms with Crippen molar-refractivity contribution in [1.29, 1.82) is 0 Å². The fourth-order valence-electron chi connectivity index (χ4n) is 2.56. The van der Waals surface area contributed by atoms with E-state index in [1.54, 1.807) is 0 Å². The molecule has 1 aliphatic heterocycles. The number of rotatable bonds is 10. The number of unbranched alkanes of at least 4 members (excludes halogenated alkanes) is 3. The number of aliphatic hydroxyl groups excluding tert-OH is 4. The summed E-state index contributed by atoms with van der Waals surface area (Å²) in [7, 11) is 0. The molecule has 1 saturated heterocycles. The van der Waals surface area contributed by atoms with E-state index in [0.29, 0.717) is 0 Å². The highest BCUT2D eigenvalue weighted by Crippen LogP contribution is 2.27. The van der Waals surface area contributed by atoms with Gasteiger partial charge in [0, 0.05) is 0 Å². The van der Waals surface area contributed by atoms with E-state index in [-0.39, 0.29) is 6.10 Å². The van der Waals surface area contributed by atoms with Gasteiger partial charge in [-0.15, -0.1) is 0 Å². The second kappa shape index (κ2) is 9.71. The van der Waals surface area contributed by atoms with E-state index in [1.165, 1.54) is 12.8 Å². The zero-order chi connectivity index (χ0) is 15.8. The van der Waals surface area contributed by atoms with Crippen molar-refractivity contribution in [2.45, 2.75) is 89.2 Å². The summed E-state index contributed by atoms with van der Waals surface area (Å²) in [6, 6.07) is 0. The molecule has 0 spiro atoms. The summed E-state index contributed by atoms with van der Waals surface area (Å²) in [5.41, 5.74) is 0. The van der Waals surface area contributed by atoms with Crippen molar-refractivity contribution >= 4 is 0 Å². The zero-order valence-corrected chi connectivity index (χ0v) is 13.0. The maximum absolute atomic E-state index is 9.93. The van der Waals surface area contributed by atoms with Crippen molar-refractivity contribution in [3.05, 3.63) is 0 Å². The first kappa shape index (κ1) is 18.8. The molecule has 1 rings (SSSR count). The van der Waals surface area contributed by atoms with Gasteiger partial charge in [-0.1, -0.05) is 39.5 Å². The fourth-order valence-corrected chi connectivity index (χ4v) is 2.56. The van der Waals surface area contributed by atoms with Crippen molar-refractivity contribution in [2.24, 2.45) is 0 Å². The molecule has 1 aliphatic rings. The predicted octanol–water partition coefficient (Wildman–Crippen LogP) is 0.552. The van der Waals surface area contributed by atoms with Crippen LogP contribution in [0.3, 0.4) is 0 Å². The SMILES string of the molecule is CCCCCCC(CC)O[C@H]1O[C@@H]([C@@H](O)CO)[C@H](O)[C@H]1O. The third-order valence-electron chi connectivity index (χ3n) is 3.98. The van der Waals surface area contributed by atoms with E-state index in [9.17, 15) is 15.3 Å². The van der Waals surface area contributed by atoms with Gasteiger partial charge in [0.1, 0.15) is 24.4 Å². The third kappa shape index (κ3) is 5.47. The highest BCUT2D eigenvalue weighted by atomic mass is 16.7. The van der Waals surface area contributed by atoms with Crippen molar-refractivity contribution in [3.63, 3.8) is 0 Å². The number of hydrogen-bond acceptors (Lipinski definition) is 6. The normalized spacial score (nSPS) is 32.3. The average Bonchev–Trinajstić information content (AvgIpc) is 2.77. The Morgan fingerprint density at radius 2 is 1.81 bits per heavy atom. The summed E-state index contributed by atoms with van der Waals surface area (Å²) < 4.78 is 11.1. The molecule has 0 saturated carbocycles. The molecule has 6 atom stereocenters. The zero-order valence-electron chi connectivity index (χ0n) is 13.0. The van der Waals surface area contributed by atoms with Crippen LogP contribution in [0.4, 0.5) is 0 Å². The van der Waals surface area contributed by atoms with E-state index >= 15 is 0 Å². The van der Waals surface area contributed by atoms with Crippen LogP contribution in [0.2, 0.25) is 0 Å². The van der Waals surface area contributed by atoms with Crippen LogP contribution in [0.25, 0.3) is 0 Å². The van der Waals surface area contributed by atoms with Crippen LogP contribution >= 0.6 is 0 Å². The number of ether oxygens (including phenoxy) is 2. The molecule has 21 heavy (non-hydrogen) atoms. The molecule has 6 heteroatoms. The molecule has 0 amide bonds. The highest BCUT2D eigenvalue weighted by Gasteiger charge is 2.47. The fraction of sp³-hybridized carbons (Fsp3) is 1.00. The van der Waals surface area contributed by atoms with Gasteiger partial charge in [-0.3, -0.25) is 0 Å². The monoisotopic (exact) mass is 306 g/mol. The summed E-state index contributed by atoms with van der Waals surface area (Å²) in [4.78, 5) is 0. The van der Waals surface area contributed by atoms with E-state index in [2.05, 4.69) is 6.92 Å². The van der Waals surface area contributed by atoms with Crippen LogP contribution < -0.4 is 0 Å². The van der Waals surface area contributed by atoms with Crippen LogP contribution in [0.15, 0.2) is 0 Å². The van der Waals surface area contributed by atoms with Gasteiger partial charge < -0.3 is 29.9 Å². The standard InChI is InChI=1S/C15H30O6/c1-3-5-6-7-8-10(4-2)20-15-13(19)12(18)14(21-15)11(17)9-16/h10-19H,3-9H2,1-2H3/t10?,11-,12+,13+,14-,15-/m0/s1. The van der Waals surface area contributed by atoms with Gasteiger partial charge in [0.15, 0.2) is 6.29 Å². The lowest BCUT2D eigenvalue weighted by Gasteiger charge is -2.23. The van der Waals surface area contributed by atoms with Gasteiger partial charge in [-0.05, 0) is 12.8 Å². The Bertz CT molecular complexity index is 275. The van der Waals surface area contributed by atoms with Crippen LogP contribution in [-0.2, 0) is 9.47 Å². The van der Waals surface area contributed by atoms with Gasteiger partial charge in [-0.2, -0.15) is 0 Å². The topological polar surface area (TPSA) is 99.4 Å². The lowest BCUT2D eigenvalue weighted by Crippen LogP contribution is -2.40. The van der Waals surface area contributed by atoms with Crippen molar-refractivity contribution in [2.75, 3.05) is 6.61 Å². The molecule has 0 aromatic heterocycles. The first-order chi connectivity index (χ1) is 10.0. The molecule has 0 bridgehead atoms. The number of hydrogen-bond donors (Lipinski definition) is 4. The second-order valence-electron chi connectivity index (χ2n) is 5.72. The first-order valence-electron chi connectivity index (χ1n) is 8.01. The van der Waals surface area contributed by atoms with Crippen LogP contribution in [-0.4, -0.2) is 63.8 Å². The van der Waals surface area contributed by atoms with E-state index < -0.39 is 37.3 Å². The van der Waals surface area contributed by atoms with Gasteiger partial charge in [0.2, 0.25) is 0 Å². The summed E-state index contributed by atoms with van der Waals surface area (Å²) >= 11 is 0. The molecule has 0 aliphatic carbocycles. The Morgan fingerprint density at radius 1 is 1.10 bits per heavy atom. The molecular formula is C15H30O6. The predicted molar refractivity (Wildman–Crippen MR) is 77.7 cm³/mol. The van der Waals surface area contributed by atoms with E-state index in [4.69, 9.17) is 14.6 Å². The van der Waals surface area contributed by atoms with Crippen molar-refractivity contribution in [3.8, 4) is 0 Å². The molecule has 1 heterocycles. The molecule has 1 unspecified atom stereocenters. The Labute approximate surface area is 126 Å². The molecule has 0 aromatic rings. The number of aliphatic hydroxyl groups is 4. The second-order valence-corrected chi connectivity index (χ2v) is 5.72. The minimum Gasteiger partial charge on any atom is -0.394 e. The maximum Gasteiger partial charge on any atom is 0.186 e. The maximum atomic E-state index is 9.93. The largest absolute Gasteiger partial charge is 0.394 e. The van der Waals surface area contributed by atoms with Crippen LogP contribution in [0.1, 0.15) is 52.4 Å². The molecule has 126 valence electrons. The summed E-state index contributed by atoms with van der Waals surface area (Å²) in [5, 5.41) is 38.2. The van der Waals surface area contributed by atoms with Gasteiger partial charge in [-0.25, -0.2) is 0 Å². The molecule has 0 radical (unpaired) electrons. The Kier molecular flexibility index (Phi) is 8.70. The first-order valence-corrected chi connectivity index (χ1v) is 8.01.